The third kappa shape index (κ3) is 10.4. The van der Waals surface area contributed by atoms with E-state index in [-0.39, 0.29) is 22.9 Å². The Labute approximate surface area is 293 Å². The summed E-state index contributed by atoms with van der Waals surface area (Å²) in [5.41, 5.74) is 19.2. The molecule has 0 radical (unpaired) electrons. The molecule has 3 rings (SSSR count). The molecular weight excluding hydrogens is 592 g/mol. The maximum atomic E-state index is 5.95. The van der Waals surface area contributed by atoms with Crippen LogP contribution in [0.2, 0.25) is 0 Å². The summed E-state index contributed by atoms with van der Waals surface area (Å²) in [5, 5.41) is 0. The third-order valence-corrected chi connectivity index (χ3v) is 10.9. The predicted molar refractivity (Wildman–Crippen MR) is 207 cm³/mol. The highest BCUT2D eigenvalue weighted by molar-refractivity contribution is 5.86. The molecule has 0 spiro atoms. The molecule has 0 aromatic heterocycles. The molecule has 1 aliphatic carbocycles. The Kier molecular flexibility index (Phi) is 16.1. The Morgan fingerprint density at radius 3 is 1.38 bits per heavy atom. The fraction of sp³-hybridized carbons (Fsp3) is 0.667. The summed E-state index contributed by atoms with van der Waals surface area (Å²) in [7, 11) is 3.54. The van der Waals surface area contributed by atoms with Crippen LogP contribution in [0.15, 0.2) is 34.3 Å². The normalized spacial score (nSPS) is 17.5. The van der Waals surface area contributed by atoms with Crippen LogP contribution in [0, 0.1) is 13.8 Å². The van der Waals surface area contributed by atoms with E-state index >= 15 is 0 Å². The summed E-state index contributed by atoms with van der Waals surface area (Å²) in [6, 6.07) is 9.54. The van der Waals surface area contributed by atoms with E-state index in [4.69, 9.17) is 30.9 Å². The van der Waals surface area contributed by atoms with Gasteiger partial charge < -0.3 is 20.9 Å². The number of nitrogens with two attached hydrogens (primary N) is 2. The van der Waals surface area contributed by atoms with Gasteiger partial charge in [-0.15, -0.1) is 0 Å². The van der Waals surface area contributed by atoms with Crippen LogP contribution in [0.4, 0.5) is 0 Å². The van der Waals surface area contributed by atoms with Crippen molar-refractivity contribution in [2.24, 2.45) is 21.5 Å². The summed E-state index contributed by atoms with van der Waals surface area (Å²) in [6.45, 7) is 15.1. The van der Waals surface area contributed by atoms with Crippen molar-refractivity contribution in [3.8, 4) is 11.5 Å². The molecule has 48 heavy (non-hydrogen) atoms. The molecule has 1 aliphatic rings. The van der Waals surface area contributed by atoms with Crippen molar-refractivity contribution in [3.63, 3.8) is 0 Å². The van der Waals surface area contributed by atoms with E-state index < -0.39 is 0 Å². The molecule has 2 atom stereocenters. The number of rotatable bonds is 20. The molecule has 0 heterocycles. The van der Waals surface area contributed by atoms with Gasteiger partial charge in [0.05, 0.1) is 26.3 Å². The lowest BCUT2D eigenvalue weighted by molar-refractivity contribution is 0.372. The number of aryl methyl sites for hydroxylation is 2. The summed E-state index contributed by atoms with van der Waals surface area (Å²) in [5.74, 6) is 1.82. The lowest BCUT2D eigenvalue weighted by Crippen LogP contribution is -2.27. The van der Waals surface area contributed by atoms with Gasteiger partial charge in [0, 0.05) is 23.6 Å². The smallest absolute Gasteiger partial charge is 0.130 e. The van der Waals surface area contributed by atoms with Gasteiger partial charge in [0.2, 0.25) is 0 Å². The zero-order chi connectivity index (χ0) is 35.2. The first kappa shape index (κ1) is 39.7. The van der Waals surface area contributed by atoms with Crippen LogP contribution in [0.25, 0.3) is 0 Å². The first-order valence-corrected chi connectivity index (χ1v) is 18.9. The summed E-state index contributed by atoms with van der Waals surface area (Å²) in [4.78, 5) is 10.5. The molecule has 0 amide bonds. The van der Waals surface area contributed by atoms with E-state index in [1.807, 2.05) is 0 Å². The Hall–Kier alpha value is -2.70. The Morgan fingerprint density at radius 2 is 1.04 bits per heavy atom. The average molecular weight is 661 g/mol. The van der Waals surface area contributed by atoms with Crippen molar-refractivity contribution < 1.29 is 9.47 Å². The van der Waals surface area contributed by atoms with Gasteiger partial charge in [-0.05, 0) is 124 Å². The maximum Gasteiger partial charge on any atom is 0.130 e. The minimum atomic E-state index is 0.00487. The van der Waals surface area contributed by atoms with Gasteiger partial charge in [0.1, 0.15) is 11.5 Å². The van der Waals surface area contributed by atoms with Gasteiger partial charge >= 0.3 is 0 Å². The van der Waals surface area contributed by atoms with Gasteiger partial charge in [-0.3, -0.25) is 9.98 Å². The number of ether oxygens (including phenoxy) is 2. The van der Waals surface area contributed by atoms with Gasteiger partial charge in [0.25, 0.3) is 0 Å². The Bertz CT molecular complexity index is 1220. The monoisotopic (exact) mass is 661 g/mol. The third-order valence-electron chi connectivity index (χ3n) is 10.9. The molecule has 0 saturated heterocycles. The first-order valence-electron chi connectivity index (χ1n) is 18.9. The van der Waals surface area contributed by atoms with E-state index in [9.17, 15) is 0 Å². The zero-order valence-electron chi connectivity index (χ0n) is 31.8. The molecule has 1 saturated carbocycles. The van der Waals surface area contributed by atoms with Gasteiger partial charge in [0.15, 0.2) is 0 Å². The Morgan fingerprint density at radius 1 is 0.667 bits per heavy atom. The lowest BCUT2D eigenvalue weighted by atomic mass is 9.73. The van der Waals surface area contributed by atoms with Crippen LogP contribution in [-0.4, -0.2) is 51.8 Å². The molecule has 0 aliphatic heterocycles. The SMILES string of the molecule is CCCCC(C)(CCCC)c1cc(C)c(OC)c(C=N[C@H]2CCCC[C@@H]2N=Cc2cc(C(C)(CCCN)CCCN)cc(C)c2OC)c1. The zero-order valence-corrected chi connectivity index (χ0v) is 31.8. The van der Waals surface area contributed by atoms with Crippen LogP contribution in [0.3, 0.4) is 0 Å². The molecule has 1 fully saturated rings. The van der Waals surface area contributed by atoms with Crippen molar-refractivity contribution in [2.75, 3.05) is 27.3 Å². The Balaban J connectivity index is 1.97. The summed E-state index contributed by atoms with van der Waals surface area (Å²) >= 11 is 0. The summed E-state index contributed by atoms with van der Waals surface area (Å²) < 4.78 is 11.9. The second-order valence-corrected chi connectivity index (χ2v) is 14.9. The van der Waals surface area contributed by atoms with E-state index in [1.54, 1.807) is 14.2 Å². The number of aliphatic imine (C=N–C) groups is 2. The standard InChI is InChI=1S/C42H68N4O2/c1-9-11-19-41(5,20-12-10-2)35-25-31(3)39(47-7)33(27-35)29-45-37-17-13-14-18-38(37)46-30-34-28-36(26-32(4)40(34)48-8)42(6,21-15-23-43)22-16-24-44/h25-30,37-38H,9-24,43-44H2,1-8H3/t37-,38-/m0/s1. The van der Waals surface area contributed by atoms with Crippen LogP contribution in [0.5, 0.6) is 11.5 Å². The minimum absolute atomic E-state index is 0.00487. The van der Waals surface area contributed by atoms with Crippen LogP contribution >= 0.6 is 0 Å². The van der Waals surface area contributed by atoms with Gasteiger partial charge in [-0.1, -0.05) is 78.4 Å². The highest BCUT2D eigenvalue weighted by Gasteiger charge is 2.29. The number of unbranched alkanes of at least 4 members (excludes halogenated alkanes) is 2. The molecule has 6 nitrogen and oxygen atoms in total. The van der Waals surface area contributed by atoms with Gasteiger partial charge in [-0.25, -0.2) is 0 Å². The molecule has 2 aromatic rings. The van der Waals surface area contributed by atoms with Crippen LogP contribution in [-0.2, 0) is 10.8 Å². The quantitative estimate of drug-likeness (QED) is 0.138. The van der Waals surface area contributed by atoms with Crippen molar-refractivity contribution in [2.45, 2.75) is 154 Å². The number of hydrogen-bond acceptors (Lipinski definition) is 6. The number of hydrogen-bond donors (Lipinski definition) is 2. The van der Waals surface area contributed by atoms with E-state index in [0.29, 0.717) is 13.1 Å². The molecule has 4 N–H and O–H groups in total. The van der Waals surface area contributed by atoms with Gasteiger partial charge in [-0.2, -0.15) is 0 Å². The summed E-state index contributed by atoms with van der Waals surface area (Å²) in [6.07, 6.45) is 19.9. The molecule has 6 heteroatoms. The first-order chi connectivity index (χ1) is 23.1. The van der Waals surface area contributed by atoms with Crippen molar-refractivity contribution in [3.05, 3.63) is 57.6 Å². The predicted octanol–water partition coefficient (Wildman–Crippen LogP) is 9.54. The highest BCUT2D eigenvalue weighted by Crippen LogP contribution is 2.39. The largest absolute Gasteiger partial charge is 0.496 e. The molecular formula is C42H68N4O2. The second-order valence-electron chi connectivity index (χ2n) is 14.9. The maximum absolute atomic E-state index is 5.95. The number of nitrogens with zero attached hydrogens (tertiary/aromatic N) is 2. The molecule has 0 unspecified atom stereocenters. The fourth-order valence-electron chi connectivity index (χ4n) is 7.79. The van der Waals surface area contributed by atoms with Crippen LogP contribution < -0.4 is 20.9 Å². The average Bonchev–Trinajstić information content (AvgIpc) is 3.09. The fourth-order valence-corrected chi connectivity index (χ4v) is 7.79. The lowest BCUT2D eigenvalue weighted by Gasteiger charge is -2.32. The number of methoxy groups -OCH3 is 2. The highest BCUT2D eigenvalue weighted by atomic mass is 16.5. The van der Waals surface area contributed by atoms with Crippen molar-refractivity contribution in [1.82, 2.24) is 0 Å². The number of benzene rings is 2. The molecule has 2 aromatic carbocycles. The minimum Gasteiger partial charge on any atom is -0.496 e. The van der Waals surface area contributed by atoms with Crippen molar-refractivity contribution >= 4 is 12.4 Å². The van der Waals surface area contributed by atoms with E-state index in [1.165, 1.54) is 68.1 Å². The van der Waals surface area contributed by atoms with Crippen molar-refractivity contribution in [1.29, 1.82) is 0 Å². The van der Waals surface area contributed by atoms with E-state index in [0.717, 1.165) is 66.7 Å². The molecule has 0 bridgehead atoms. The molecule has 268 valence electrons. The topological polar surface area (TPSA) is 95.2 Å². The second kappa shape index (κ2) is 19.5. The van der Waals surface area contributed by atoms with E-state index in [2.05, 4.69) is 78.2 Å². The van der Waals surface area contributed by atoms with Crippen LogP contribution in [0.1, 0.15) is 151 Å².